The maximum atomic E-state index is 12.4. The first-order chi connectivity index (χ1) is 13.4. The Hall–Kier alpha value is -2.59. The standard InChI is InChI=1S/C21H29N3O4/c1-14-11-17(15(2)24(14)9-10-27-4)12-18(13-22)21(26)28-16(3)20(25)23-19-7-5-6-8-19/h11-12,16,19H,5-10H2,1-4H3,(H,23,25)/b18-12+/t16-/m0/s1. The number of hydrogen-bond donors (Lipinski definition) is 1. The molecular weight excluding hydrogens is 358 g/mol. The number of methoxy groups -OCH3 is 1. The van der Waals surface area contributed by atoms with Crippen LogP contribution in [0.4, 0.5) is 0 Å². The van der Waals surface area contributed by atoms with Crippen LogP contribution in [0.2, 0.25) is 0 Å². The molecule has 1 aromatic rings. The van der Waals surface area contributed by atoms with Crippen molar-refractivity contribution in [2.24, 2.45) is 0 Å². The molecule has 152 valence electrons. The molecule has 0 bridgehead atoms. The van der Waals surface area contributed by atoms with Crippen LogP contribution in [0.1, 0.15) is 49.6 Å². The molecule has 1 saturated carbocycles. The van der Waals surface area contributed by atoms with Gasteiger partial charge in [0.25, 0.3) is 5.91 Å². The van der Waals surface area contributed by atoms with E-state index in [1.54, 1.807) is 7.11 Å². The molecule has 1 amide bonds. The van der Waals surface area contributed by atoms with E-state index in [1.165, 1.54) is 13.0 Å². The van der Waals surface area contributed by atoms with Gasteiger partial charge in [-0.3, -0.25) is 4.79 Å². The van der Waals surface area contributed by atoms with E-state index >= 15 is 0 Å². The highest BCUT2D eigenvalue weighted by Gasteiger charge is 2.24. The Morgan fingerprint density at radius 2 is 2.07 bits per heavy atom. The molecule has 2 rings (SSSR count). The van der Waals surface area contributed by atoms with Gasteiger partial charge >= 0.3 is 5.97 Å². The molecule has 1 aliphatic carbocycles. The van der Waals surface area contributed by atoms with Gasteiger partial charge in [0.15, 0.2) is 6.10 Å². The predicted octanol–water partition coefficient (Wildman–Crippen LogP) is 2.65. The number of ether oxygens (including phenoxy) is 2. The quantitative estimate of drug-likeness (QED) is 0.420. The third kappa shape index (κ3) is 5.46. The number of carbonyl (C=O) groups excluding carboxylic acids is 2. The molecule has 0 spiro atoms. The van der Waals surface area contributed by atoms with Crippen LogP contribution in [0, 0.1) is 25.2 Å². The summed E-state index contributed by atoms with van der Waals surface area (Å²) in [7, 11) is 1.64. The zero-order valence-corrected chi connectivity index (χ0v) is 17.1. The molecular formula is C21H29N3O4. The minimum absolute atomic E-state index is 0.132. The molecule has 1 aromatic heterocycles. The first kappa shape index (κ1) is 21.7. The van der Waals surface area contributed by atoms with Gasteiger partial charge in [-0.1, -0.05) is 12.8 Å². The van der Waals surface area contributed by atoms with Gasteiger partial charge in [0.2, 0.25) is 0 Å². The molecule has 0 aromatic carbocycles. The molecule has 1 heterocycles. The van der Waals surface area contributed by atoms with Gasteiger partial charge in [0.1, 0.15) is 11.6 Å². The van der Waals surface area contributed by atoms with Gasteiger partial charge in [-0.2, -0.15) is 5.26 Å². The van der Waals surface area contributed by atoms with E-state index in [4.69, 9.17) is 9.47 Å². The molecule has 0 unspecified atom stereocenters. The van der Waals surface area contributed by atoms with Gasteiger partial charge in [0.05, 0.1) is 6.61 Å². The average Bonchev–Trinajstić information content (AvgIpc) is 3.26. The fourth-order valence-electron chi connectivity index (χ4n) is 3.46. The number of esters is 1. The number of amides is 1. The SMILES string of the molecule is COCCn1c(C)cc(/C=C(\C#N)C(=O)O[C@@H](C)C(=O)NC2CCCC2)c1C. The van der Waals surface area contributed by atoms with Crippen LogP contribution in [0.5, 0.6) is 0 Å². The minimum Gasteiger partial charge on any atom is -0.448 e. The zero-order valence-electron chi connectivity index (χ0n) is 17.1. The molecule has 1 aliphatic rings. The number of aryl methyl sites for hydroxylation is 1. The molecule has 1 fully saturated rings. The summed E-state index contributed by atoms with van der Waals surface area (Å²) >= 11 is 0. The number of carbonyl (C=O) groups is 2. The van der Waals surface area contributed by atoms with E-state index in [1.807, 2.05) is 26.0 Å². The summed E-state index contributed by atoms with van der Waals surface area (Å²) in [5, 5.41) is 12.3. The predicted molar refractivity (Wildman–Crippen MR) is 105 cm³/mol. The summed E-state index contributed by atoms with van der Waals surface area (Å²) in [5.74, 6) is -1.12. The van der Waals surface area contributed by atoms with Crippen molar-refractivity contribution in [1.29, 1.82) is 5.26 Å². The van der Waals surface area contributed by atoms with Crippen LogP contribution >= 0.6 is 0 Å². The van der Waals surface area contributed by atoms with Crippen molar-refractivity contribution in [3.8, 4) is 6.07 Å². The van der Waals surface area contributed by atoms with E-state index in [0.717, 1.165) is 42.6 Å². The first-order valence-corrected chi connectivity index (χ1v) is 9.66. The van der Waals surface area contributed by atoms with Crippen molar-refractivity contribution in [2.75, 3.05) is 13.7 Å². The molecule has 0 aliphatic heterocycles. The van der Waals surface area contributed by atoms with Crippen LogP contribution in [0.15, 0.2) is 11.6 Å². The Kier molecular flexibility index (Phi) is 7.82. The Bertz CT molecular complexity index is 782. The second-order valence-electron chi connectivity index (χ2n) is 7.18. The number of rotatable bonds is 8. The molecule has 7 nitrogen and oxygen atoms in total. The van der Waals surface area contributed by atoms with Crippen LogP contribution in [-0.2, 0) is 25.6 Å². The summed E-state index contributed by atoms with van der Waals surface area (Å²) < 4.78 is 12.4. The maximum Gasteiger partial charge on any atom is 0.349 e. The van der Waals surface area contributed by atoms with Crippen LogP contribution in [-0.4, -0.2) is 42.3 Å². The van der Waals surface area contributed by atoms with E-state index in [-0.39, 0.29) is 17.5 Å². The van der Waals surface area contributed by atoms with E-state index < -0.39 is 12.1 Å². The fourth-order valence-corrected chi connectivity index (χ4v) is 3.46. The van der Waals surface area contributed by atoms with Gasteiger partial charge < -0.3 is 19.4 Å². The summed E-state index contributed by atoms with van der Waals surface area (Å²) in [6, 6.07) is 3.95. The van der Waals surface area contributed by atoms with Gasteiger partial charge in [-0.15, -0.1) is 0 Å². The third-order valence-electron chi connectivity index (χ3n) is 5.13. The summed E-state index contributed by atoms with van der Waals surface area (Å²) in [5.41, 5.74) is 2.58. The zero-order chi connectivity index (χ0) is 20.7. The van der Waals surface area contributed by atoms with Crippen LogP contribution in [0.3, 0.4) is 0 Å². The monoisotopic (exact) mass is 387 g/mol. The minimum atomic E-state index is -0.945. The van der Waals surface area contributed by atoms with E-state index in [9.17, 15) is 14.9 Å². The smallest absolute Gasteiger partial charge is 0.349 e. The summed E-state index contributed by atoms with van der Waals surface area (Å²) in [6.07, 6.45) is 4.67. The molecule has 0 saturated heterocycles. The number of nitrogens with zero attached hydrogens (tertiary/aromatic N) is 2. The molecule has 1 N–H and O–H groups in total. The highest BCUT2D eigenvalue weighted by Crippen LogP contribution is 2.20. The van der Waals surface area contributed by atoms with Crippen LogP contribution < -0.4 is 5.32 Å². The number of nitrogens with one attached hydrogen (secondary N) is 1. The Morgan fingerprint density at radius 3 is 2.68 bits per heavy atom. The van der Waals surface area contributed by atoms with Crippen LogP contribution in [0.25, 0.3) is 6.08 Å². The Labute approximate surface area is 166 Å². The Morgan fingerprint density at radius 1 is 1.39 bits per heavy atom. The largest absolute Gasteiger partial charge is 0.448 e. The third-order valence-corrected chi connectivity index (χ3v) is 5.13. The highest BCUT2D eigenvalue weighted by molar-refractivity contribution is 5.99. The fraction of sp³-hybridized carbons (Fsp3) is 0.571. The first-order valence-electron chi connectivity index (χ1n) is 9.66. The second kappa shape index (κ2) is 10.1. The highest BCUT2D eigenvalue weighted by atomic mass is 16.5. The molecule has 1 atom stereocenters. The lowest BCUT2D eigenvalue weighted by Gasteiger charge is -2.16. The second-order valence-corrected chi connectivity index (χ2v) is 7.18. The lowest BCUT2D eigenvalue weighted by Crippen LogP contribution is -2.41. The lowest BCUT2D eigenvalue weighted by molar-refractivity contribution is -0.151. The van der Waals surface area contributed by atoms with E-state index in [2.05, 4.69) is 9.88 Å². The normalized spacial score (nSPS) is 15.9. The van der Waals surface area contributed by atoms with Gasteiger partial charge in [-0.05, 0) is 51.3 Å². The summed E-state index contributed by atoms with van der Waals surface area (Å²) in [4.78, 5) is 24.6. The van der Waals surface area contributed by atoms with Crippen molar-refractivity contribution in [3.63, 3.8) is 0 Å². The van der Waals surface area contributed by atoms with Crippen molar-refractivity contribution < 1.29 is 19.1 Å². The summed E-state index contributed by atoms with van der Waals surface area (Å²) in [6.45, 7) is 6.66. The van der Waals surface area contributed by atoms with Gasteiger partial charge in [-0.25, -0.2) is 4.79 Å². The van der Waals surface area contributed by atoms with E-state index in [0.29, 0.717) is 13.2 Å². The van der Waals surface area contributed by atoms with Crippen molar-refractivity contribution in [1.82, 2.24) is 9.88 Å². The average molecular weight is 387 g/mol. The lowest BCUT2D eigenvalue weighted by atomic mass is 10.1. The van der Waals surface area contributed by atoms with Crippen molar-refractivity contribution in [2.45, 2.75) is 65.1 Å². The number of hydrogen-bond acceptors (Lipinski definition) is 5. The Balaban J connectivity index is 2.06. The molecule has 28 heavy (non-hydrogen) atoms. The van der Waals surface area contributed by atoms with Crippen molar-refractivity contribution in [3.05, 3.63) is 28.6 Å². The number of aromatic nitrogens is 1. The maximum absolute atomic E-state index is 12.4. The van der Waals surface area contributed by atoms with Gasteiger partial charge in [0, 0.05) is 31.1 Å². The number of nitriles is 1. The van der Waals surface area contributed by atoms with Crippen molar-refractivity contribution >= 4 is 18.0 Å². The molecule has 7 heteroatoms. The molecule has 0 radical (unpaired) electrons. The topological polar surface area (TPSA) is 93.3 Å².